The fourth-order valence-electron chi connectivity index (χ4n) is 3.34. The number of fused-ring (bicyclic) bond motifs is 1. The number of aromatic nitrogens is 1. The molecule has 146 valence electrons. The van der Waals surface area contributed by atoms with Crippen molar-refractivity contribution in [3.8, 4) is 5.75 Å². The Kier molecular flexibility index (Phi) is 6.74. The molecule has 0 saturated carbocycles. The highest BCUT2D eigenvalue weighted by Crippen LogP contribution is 2.34. The van der Waals surface area contributed by atoms with E-state index in [-0.39, 0.29) is 23.5 Å². The van der Waals surface area contributed by atoms with Gasteiger partial charge in [-0.2, -0.15) is 0 Å². The monoisotopic (exact) mass is 375 g/mol. The van der Waals surface area contributed by atoms with Gasteiger partial charge in [-0.25, -0.2) is 4.39 Å². The highest BCUT2D eigenvalue weighted by atomic mass is 19.1. The number of halogens is 1. The lowest BCUT2D eigenvalue weighted by atomic mass is 10.0. The van der Waals surface area contributed by atoms with Crippen LogP contribution in [0, 0.1) is 12.7 Å². The van der Waals surface area contributed by atoms with Crippen LogP contribution in [-0.2, 0) is 24.3 Å². The third-order valence-corrected chi connectivity index (χ3v) is 4.95. The first-order valence-corrected chi connectivity index (χ1v) is 8.83. The second kappa shape index (κ2) is 8.81. The predicted octanol–water partition coefficient (Wildman–Crippen LogP) is 2.26. The molecule has 0 aliphatic carbocycles. The smallest absolute Gasteiger partial charge is 0.259 e. The van der Waals surface area contributed by atoms with E-state index < -0.39 is 0 Å². The highest BCUT2D eigenvalue weighted by molar-refractivity contribution is 5.99. The van der Waals surface area contributed by atoms with Crippen molar-refractivity contribution in [1.82, 2.24) is 14.8 Å². The van der Waals surface area contributed by atoms with Gasteiger partial charge in [-0.3, -0.25) is 4.79 Å². The molecule has 1 amide bonds. The Morgan fingerprint density at radius 3 is 2.52 bits per heavy atom. The lowest BCUT2D eigenvalue weighted by Gasteiger charge is -2.28. The Hall–Kier alpha value is -2.67. The van der Waals surface area contributed by atoms with Crippen molar-refractivity contribution in [2.75, 3.05) is 13.6 Å². The molecule has 1 aromatic carbocycles. The summed E-state index contributed by atoms with van der Waals surface area (Å²) in [4.78, 5) is 22.6. The summed E-state index contributed by atoms with van der Waals surface area (Å²) in [5.74, 6) is -0.380. The molecule has 1 aliphatic rings. The van der Waals surface area contributed by atoms with Gasteiger partial charge in [0.25, 0.3) is 5.91 Å². The summed E-state index contributed by atoms with van der Waals surface area (Å²) in [5.41, 5.74) is 2.91. The van der Waals surface area contributed by atoms with Crippen LogP contribution in [0.1, 0.15) is 34.2 Å². The Morgan fingerprint density at radius 1 is 1.30 bits per heavy atom. The van der Waals surface area contributed by atoms with Gasteiger partial charge in [0.1, 0.15) is 23.9 Å². The van der Waals surface area contributed by atoms with Gasteiger partial charge in [0, 0.05) is 37.8 Å². The second-order valence-corrected chi connectivity index (χ2v) is 6.66. The van der Waals surface area contributed by atoms with Crippen LogP contribution in [0.4, 0.5) is 4.39 Å². The topological polar surface area (TPSA) is 74.6 Å². The van der Waals surface area contributed by atoms with Crippen molar-refractivity contribution in [1.29, 1.82) is 0 Å². The molecule has 0 radical (unpaired) electrons. The lowest BCUT2D eigenvalue weighted by Crippen LogP contribution is -2.38. The number of benzene rings is 1. The quantitative estimate of drug-likeness (QED) is 0.841. The van der Waals surface area contributed by atoms with Gasteiger partial charge >= 0.3 is 0 Å². The predicted molar refractivity (Wildman–Crippen MR) is 101 cm³/mol. The SMILES string of the molecule is C=O.CNC(C)Cn1c(C)c(O)c2c1CCN(Cc1ccc(F)cc1)C2=O. The molecule has 27 heavy (non-hydrogen) atoms. The van der Waals surface area contributed by atoms with Crippen LogP contribution in [-0.4, -0.2) is 46.9 Å². The minimum Gasteiger partial charge on any atom is -0.505 e. The second-order valence-electron chi connectivity index (χ2n) is 6.66. The van der Waals surface area contributed by atoms with E-state index in [1.165, 1.54) is 12.1 Å². The maximum Gasteiger partial charge on any atom is 0.259 e. The number of rotatable bonds is 5. The van der Waals surface area contributed by atoms with Crippen LogP contribution in [0.25, 0.3) is 0 Å². The highest BCUT2D eigenvalue weighted by Gasteiger charge is 2.32. The van der Waals surface area contributed by atoms with Crippen molar-refractivity contribution in [2.24, 2.45) is 0 Å². The fourth-order valence-corrected chi connectivity index (χ4v) is 3.34. The Bertz CT molecular complexity index is 802. The first-order valence-electron chi connectivity index (χ1n) is 8.83. The number of aromatic hydroxyl groups is 1. The average molecular weight is 375 g/mol. The normalized spacial score (nSPS) is 14.4. The zero-order valence-electron chi connectivity index (χ0n) is 16.0. The molecule has 0 saturated heterocycles. The third kappa shape index (κ3) is 4.19. The Morgan fingerprint density at radius 2 is 1.93 bits per heavy atom. The van der Waals surface area contributed by atoms with Gasteiger partial charge in [-0.05, 0) is 38.6 Å². The molecular formula is C20H26FN3O3. The maximum atomic E-state index is 13.1. The molecular weight excluding hydrogens is 349 g/mol. The molecule has 2 N–H and O–H groups in total. The zero-order valence-corrected chi connectivity index (χ0v) is 16.0. The van der Waals surface area contributed by atoms with Crippen LogP contribution >= 0.6 is 0 Å². The van der Waals surface area contributed by atoms with Crippen LogP contribution in [0.5, 0.6) is 5.75 Å². The van der Waals surface area contributed by atoms with Gasteiger partial charge in [0.2, 0.25) is 0 Å². The number of carbonyl (C=O) groups excluding carboxylic acids is 2. The van der Waals surface area contributed by atoms with Crippen molar-refractivity contribution < 1.29 is 19.1 Å². The minimum absolute atomic E-state index is 0.0760. The average Bonchev–Trinajstić information content (AvgIpc) is 2.92. The Balaban J connectivity index is 0.00000126. The van der Waals surface area contributed by atoms with E-state index in [1.54, 1.807) is 17.0 Å². The summed E-state index contributed by atoms with van der Waals surface area (Å²) >= 11 is 0. The molecule has 0 spiro atoms. The van der Waals surface area contributed by atoms with Gasteiger partial charge < -0.3 is 24.7 Å². The molecule has 1 aliphatic heterocycles. The molecule has 1 aromatic heterocycles. The molecule has 0 bridgehead atoms. The van der Waals surface area contributed by atoms with Crippen LogP contribution in [0.15, 0.2) is 24.3 Å². The summed E-state index contributed by atoms with van der Waals surface area (Å²) in [5, 5.41) is 13.7. The molecule has 7 heteroatoms. The van der Waals surface area contributed by atoms with Gasteiger partial charge in [-0.15, -0.1) is 0 Å². The first kappa shape index (κ1) is 20.6. The van der Waals surface area contributed by atoms with E-state index in [4.69, 9.17) is 4.79 Å². The maximum absolute atomic E-state index is 13.1. The minimum atomic E-state index is -0.292. The number of hydrogen-bond donors (Lipinski definition) is 2. The molecule has 0 fully saturated rings. The van der Waals surface area contributed by atoms with E-state index in [0.29, 0.717) is 31.6 Å². The van der Waals surface area contributed by atoms with Gasteiger partial charge in [0.15, 0.2) is 0 Å². The van der Waals surface area contributed by atoms with Crippen molar-refractivity contribution in [3.05, 3.63) is 52.6 Å². The van der Waals surface area contributed by atoms with Crippen molar-refractivity contribution in [2.45, 2.75) is 39.4 Å². The fraction of sp³-hybridized carbons (Fsp3) is 0.400. The number of nitrogens with one attached hydrogen (secondary N) is 1. The van der Waals surface area contributed by atoms with Crippen molar-refractivity contribution >= 4 is 12.7 Å². The van der Waals surface area contributed by atoms with E-state index in [2.05, 4.69) is 12.2 Å². The zero-order chi connectivity index (χ0) is 20.1. The van der Waals surface area contributed by atoms with Crippen molar-refractivity contribution in [3.63, 3.8) is 0 Å². The number of carbonyl (C=O) groups is 2. The molecule has 2 aromatic rings. The number of hydrogen-bond acceptors (Lipinski definition) is 4. The largest absolute Gasteiger partial charge is 0.505 e. The van der Waals surface area contributed by atoms with Gasteiger partial charge in [0.05, 0.1) is 5.69 Å². The lowest BCUT2D eigenvalue weighted by molar-refractivity contribution is -0.0980. The summed E-state index contributed by atoms with van der Waals surface area (Å²) in [6.07, 6.45) is 0.695. The number of amides is 1. The van der Waals surface area contributed by atoms with Crippen LogP contribution in [0.3, 0.4) is 0 Å². The molecule has 1 unspecified atom stereocenters. The molecule has 2 heterocycles. The van der Waals surface area contributed by atoms with E-state index in [9.17, 15) is 14.3 Å². The summed E-state index contributed by atoms with van der Waals surface area (Å²) in [6, 6.07) is 6.40. The summed E-state index contributed by atoms with van der Waals surface area (Å²) in [7, 11) is 1.89. The van der Waals surface area contributed by atoms with E-state index in [1.807, 2.05) is 25.3 Å². The standard InChI is InChI=1S/C19H24FN3O2.CH2O/c1-12(21-3)10-23-13(2)18(24)17-16(23)8-9-22(19(17)25)11-14-4-6-15(20)7-5-14;1-2/h4-7,12,21,24H,8-11H2,1-3H3;1H2. The van der Waals surface area contributed by atoms with E-state index in [0.717, 1.165) is 17.0 Å². The van der Waals surface area contributed by atoms with E-state index >= 15 is 0 Å². The summed E-state index contributed by atoms with van der Waals surface area (Å²) < 4.78 is 15.1. The summed E-state index contributed by atoms with van der Waals surface area (Å²) in [6.45, 7) is 7.60. The first-order chi connectivity index (χ1) is 12.9. The molecule has 3 rings (SSSR count). The van der Waals surface area contributed by atoms with Crippen LogP contribution in [0.2, 0.25) is 0 Å². The number of likely N-dealkylation sites (N-methyl/N-ethyl adjacent to an activating group) is 1. The number of nitrogens with zero attached hydrogens (tertiary/aromatic N) is 2. The molecule has 6 nitrogen and oxygen atoms in total. The van der Waals surface area contributed by atoms with Crippen LogP contribution < -0.4 is 5.32 Å². The Labute approximate surface area is 158 Å². The molecule has 1 atom stereocenters. The van der Waals surface area contributed by atoms with Gasteiger partial charge in [-0.1, -0.05) is 12.1 Å². The third-order valence-electron chi connectivity index (χ3n) is 4.95.